The van der Waals surface area contributed by atoms with Crippen molar-refractivity contribution in [2.75, 3.05) is 13.1 Å². The van der Waals surface area contributed by atoms with Crippen LogP contribution in [0.2, 0.25) is 0 Å². The average Bonchev–Trinajstić information content (AvgIpc) is 3.59. The van der Waals surface area contributed by atoms with Gasteiger partial charge >= 0.3 is 17.8 Å². The Morgan fingerprint density at radius 1 is 1.06 bits per heavy atom. The Balaban J connectivity index is 1.41. The van der Waals surface area contributed by atoms with E-state index in [1.54, 1.807) is 18.2 Å². The Morgan fingerprint density at radius 2 is 1.81 bits per heavy atom. The Bertz CT molecular complexity index is 941. The van der Waals surface area contributed by atoms with E-state index in [4.69, 9.17) is 0 Å². The zero-order valence-electron chi connectivity index (χ0n) is 17.4. The summed E-state index contributed by atoms with van der Waals surface area (Å²) in [4.78, 5) is 53.5. The third-order valence-electron chi connectivity index (χ3n) is 6.08. The Hall–Kier alpha value is -3.03. The summed E-state index contributed by atoms with van der Waals surface area (Å²) in [5.74, 6) is -2.73. The van der Waals surface area contributed by atoms with Crippen LogP contribution in [0.3, 0.4) is 0 Å². The second-order valence-corrected chi connectivity index (χ2v) is 8.33. The highest BCUT2D eigenvalue weighted by Gasteiger charge is 2.46. The minimum atomic E-state index is -0.974. The van der Waals surface area contributed by atoms with Gasteiger partial charge in [-0.3, -0.25) is 19.3 Å². The highest BCUT2D eigenvalue weighted by Crippen LogP contribution is 2.29. The first-order valence-corrected chi connectivity index (χ1v) is 10.8. The van der Waals surface area contributed by atoms with Crippen LogP contribution in [-0.4, -0.2) is 57.6 Å². The first-order chi connectivity index (χ1) is 15.0. The van der Waals surface area contributed by atoms with Crippen molar-refractivity contribution in [3.63, 3.8) is 0 Å². The summed E-state index contributed by atoms with van der Waals surface area (Å²) < 4.78 is 14.1. The second-order valence-electron chi connectivity index (χ2n) is 8.33. The fourth-order valence-corrected chi connectivity index (χ4v) is 4.12. The van der Waals surface area contributed by atoms with E-state index in [-0.39, 0.29) is 19.1 Å². The van der Waals surface area contributed by atoms with Crippen molar-refractivity contribution in [3.05, 3.63) is 47.3 Å². The van der Waals surface area contributed by atoms with Gasteiger partial charge in [0.25, 0.3) is 0 Å². The van der Waals surface area contributed by atoms with Gasteiger partial charge in [-0.1, -0.05) is 29.8 Å². The maximum Gasteiger partial charge on any atom is 0.334 e. The first-order valence-electron chi connectivity index (χ1n) is 10.8. The summed E-state index contributed by atoms with van der Waals surface area (Å²) in [5.41, 5.74) is 1.57. The topological polar surface area (TPSA) is 78.0 Å². The number of carbonyl (C=O) groups is 4. The van der Waals surface area contributed by atoms with E-state index >= 15 is 0 Å². The molecule has 8 heteroatoms. The summed E-state index contributed by atoms with van der Waals surface area (Å²) in [6, 6.07) is 5.42. The summed E-state index contributed by atoms with van der Waals surface area (Å²) >= 11 is 0. The van der Waals surface area contributed by atoms with Crippen molar-refractivity contribution < 1.29 is 23.6 Å². The van der Waals surface area contributed by atoms with Gasteiger partial charge in [0.05, 0.1) is 0 Å². The fraction of sp³-hybridized carbons (Fsp3) is 0.478. The molecule has 1 aromatic carbocycles. The molecular formula is C23H26FN3O4. The summed E-state index contributed by atoms with van der Waals surface area (Å²) in [5, 5.41) is 0. The Labute approximate surface area is 180 Å². The van der Waals surface area contributed by atoms with E-state index in [0.717, 1.165) is 48.3 Å². The van der Waals surface area contributed by atoms with Crippen LogP contribution in [-0.2, 0) is 20.9 Å². The highest BCUT2D eigenvalue weighted by atomic mass is 19.1. The van der Waals surface area contributed by atoms with Gasteiger partial charge in [0.2, 0.25) is 5.91 Å². The van der Waals surface area contributed by atoms with Gasteiger partial charge < -0.3 is 4.90 Å². The fourth-order valence-electron chi connectivity index (χ4n) is 4.12. The summed E-state index contributed by atoms with van der Waals surface area (Å²) in [6.45, 7) is -0.298. The SMILES string of the molecule is O=C1C(=O)N(CC(=O)N(Cc2ccccc2F)C2CC2)C(=O)N1CCC1=CCCCC1. The van der Waals surface area contributed by atoms with Crippen molar-refractivity contribution in [1.29, 1.82) is 0 Å². The third-order valence-corrected chi connectivity index (χ3v) is 6.08. The van der Waals surface area contributed by atoms with Crippen molar-refractivity contribution >= 4 is 23.8 Å². The Morgan fingerprint density at radius 3 is 2.48 bits per heavy atom. The number of rotatable bonds is 8. The lowest BCUT2D eigenvalue weighted by Crippen LogP contribution is -2.44. The average molecular weight is 427 g/mol. The molecule has 4 rings (SSSR count). The number of benzene rings is 1. The van der Waals surface area contributed by atoms with Crippen LogP contribution < -0.4 is 0 Å². The molecule has 1 heterocycles. The van der Waals surface area contributed by atoms with E-state index in [2.05, 4.69) is 6.08 Å². The van der Waals surface area contributed by atoms with E-state index in [0.29, 0.717) is 12.0 Å². The van der Waals surface area contributed by atoms with E-state index in [9.17, 15) is 23.6 Å². The lowest BCUT2D eigenvalue weighted by atomic mass is 9.97. The molecule has 0 unspecified atom stereocenters. The van der Waals surface area contributed by atoms with Gasteiger partial charge in [-0.25, -0.2) is 14.1 Å². The molecule has 164 valence electrons. The van der Waals surface area contributed by atoms with Crippen LogP contribution in [0.25, 0.3) is 0 Å². The second kappa shape index (κ2) is 8.99. The van der Waals surface area contributed by atoms with Gasteiger partial charge in [-0.2, -0.15) is 0 Å². The van der Waals surface area contributed by atoms with Gasteiger partial charge in [0.1, 0.15) is 12.4 Å². The summed E-state index contributed by atoms with van der Waals surface area (Å²) in [6.07, 6.45) is 8.44. The zero-order chi connectivity index (χ0) is 22.0. The van der Waals surface area contributed by atoms with Crippen LogP contribution in [0.1, 0.15) is 50.5 Å². The standard InChI is InChI=1S/C23H26FN3O4/c24-19-9-5-4-8-17(19)14-26(18-10-11-18)20(28)15-27-22(30)21(29)25(23(27)31)13-12-16-6-2-1-3-7-16/h4-6,8-9,18H,1-3,7,10-15H2. The molecule has 0 atom stereocenters. The molecule has 1 aromatic rings. The normalized spacial score (nSPS) is 19.1. The molecule has 0 bridgehead atoms. The van der Waals surface area contributed by atoms with Crippen LogP contribution in [0, 0.1) is 5.82 Å². The molecule has 1 aliphatic heterocycles. The predicted octanol–water partition coefficient (Wildman–Crippen LogP) is 3.00. The van der Waals surface area contributed by atoms with Crippen LogP contribution in [0.5, 0.6) is 0 Å². The molecule has 2 aliphatic carbocycles. The molecule has 1 saturated heterocycles. The van der Waals surface area contributed by atoms with Crippen LogP contribution in [0.4, 0.5) is 9.18 Å². The van der Waals surface area contributed by atoms with Gasteiger partial charge in [0, 0.05) is 24.7 Å². The minimum Gasteiger partial charge on any atom is -0.334 e. The lowest BCUT2D eigenvalue weighted by Gasteiger charge is -2.25. The number of hydrogen-bond donors (Lipinski definition) is 0. The van der Waals surface area contributed by atoms with Gasteiger partial charge in [0.15, 0.2) is 0 Å². The molecule has 5 amide bonds. The number of amides is 5. The Kier molecular flexibility index (Phi) is 6.15. The van der Waals surface area contributed by atoms with E-state index < -0.39 is 36.1 Å². The number of hydrogen-bond acceptors (Lipinski definition) is 4. The van der Waals surface area contributed by atoms with Crippen LogP contribution >= 0.6 is 0 Å². The quantitative estimate of drug-likeness (QED) is 0.363. The zero-order valence-corrected chi connectivity index (χ0v) is 17.4. The molecule has 3 aliphatic rings. The number of halogens is 1. The number of urea groups is 1. The highest BCUT2D eigenvalue weighted by molar-refractivity contribution is 6.45. The third kappa shape index (κ3) is 4.68. The van der Waals surface area contributed by atoms with Gasteiger partial charge in [-0.05, 0) is 51.0 Å². The molecule has 2 fully saturated rings. The number of imide groups is 2. The van der Waals surface area contributed by atoms with Crippen molar-refractivity contribution in [2.45, 2.75) is 57.5 Å². The number of allylic oxidation sites excluding steroid dienone is 1. The smallest absolute Gasteiger partial charge is 0.334 e. The molecule has 0 N–H and O–H groups in total. The maximum atomic E-state index is 14.1. The van der Waals surface area contributed by atoms with Gasteiger partial charge in [-0.15, -0.1) is 0 Å². The molecule has 0 radical (unpaired) electrons. The van der Waals surface area contributed by atoms with Crippen molar-refractivity contribution in [2.24, 2.45) is 0 Å². The van der Waals surface area contributed by atoms with Crippen LogP contribution in [0.15, 0.2) is 35.9 Å². The molecular weight excluding hydrogens is 401 g/mol. The number of carbonyl (C=O) groups excluding carboxylic acids is 4. The summed E-state index contributed by atoms with van der Waals surface area (Å²) in [7, 11) is 0. The van der Waals surface area contributed by atoms with E-state index in [1.165, 1.54) is 16.5 Å². The predicted molar refractivity (Wildman–Crippen MR) is 110 cm³/mol. The molecule has 0 spiro atoms. The lowest BCUT2D eigenvalue weighted by molar-refractivity contribution is -0.145. The number of nitrogens with zero attached hydrogens (tertiary/aromatic N) is 3. The monoisotopic (exact) mass is 427 g/mol. The minimum absolute atomic E-state index is 0.0371. The molecule has 7 nitrogen and oxygen atoms in total. The van der Waals surface area contributed by atoms with Crippen molar-refractivity contribution in [1.82, 2.24) is 14.7 Å². The van der Waals surface area contributed by atoms with E-state index in [1.807, 2.05) is 0 Å². The molecule has 0 aromatic heterocycles. The maximum absolute atomic E-state index is 14.1. The molecule has 31 heavy (non-hydrogen) atoms. The van der Waals surface area contributed by atoms with Crippen molar-refractivity contribution in [3.8, 4) is 0 Å². The largest absolute Gasteiger partial charge is 0.334 e. The first kappa shape index (κ1) is 21.2. The molecule has 1 saturated carbocycles.